The Balaban J connectivity index is 1.74. The van der Waals surface area contributed by atoms with Gasteiger partial charge in [0.15, 0.2) is 0 Å². The molecule has 2 amide bonds. The lowest BCUT2D eigenvalue weighted by molar-refractivity contribution is -0.115. The molecular weight excluding hydrogens is 353 g/mol. The predicted octanol–water partition coefficient (Wildman–Crippen LogP) is 3.54. The van der Waals surface area contributed by atoms with Crippen molar-refractivity contribution in [1.82, 2.24) is 4.98 Å². The zero-order valence-electron chi connectivity index (χ0n) is 14.0. The number of amides is 2. The molecule has 3 N–H and O–H groups in total. The summed E-state index contributed by atoms with van der Waals surface area (Å²) in [7, 11) is 0. The number of carbonyl (C=O) groups is 2. The SMILES string of the molecule is Cc1c(F)cc(C(N)=O)cc1NC(=O)Cc1csc(-c2ccccc2)n1. The Hall–Kier alpha value is -3.06. The van der Waals surface area contributed by atoms with Gasteiger partial charge in [-0.25, -0.2) is 9.37 Å². The number of hydrogen-bond acceptors (Lipinski definition) is 4. The number of nitrogens with two attached hydrogens (primary N) is 1. The molecule has 0 unspecified atom stereocenters. The first-order valence-electron chi connectivity index (χ1n) is 7.83. The van der Waals surface area contributed by atoms with Crippen LogP contribution in [-0.4, -0.2) is 16.8 Å². The van der Waals surface area contributed by atoms with E-state index in [0.29, 0.717) is 5.69 Å². The first kappa shape index (κ1) is 17.8. The molecule has 0 aliphatic heterocycles. The summed E-state index contributed by atoms with van der Waals surface area (Å²) >= 11 is 1.45. The van der Waals surface area contributed by atoms with Crippen LogP contribution in [0.2, 0.25) is 0 Å². The molecule has 0 spiro atoms. The van der Waals surface area contributed by atoms with Crippen LogP contribution in [-0.2, 0) is 11.2 Å². The van der Waals surface area contributed by atoms with Crippen molar-refractivity contribution in [2.75, 3.05) is 5.32 Å². The number of rotatable bonds is 5. The standard InChI is InChI=1S/C19H16FN3O2S/c1-11-15(20)7-13(18(21)25)8-16(11)23-17(24)9-14-10-26-19(22-14)12-5-3-2-4-6-12/h2-8,10H,9H2,1H3,(H2,21,25)(H,23,24). The van der Waals surface area contributed by atoms with E-state index in [2.05, 4.69) is 10.3 Å². The number of thiazole rings is 1. The van der Waals surface area contributed by atoms with E-state index in [9.17, 15) is 14.0 Å². The quantitative estimate of drug-likeness (QED) is 0.721. The minimum atomic E-state index is -0.758. The Labute approximate surface area is 153 Å². The monoisotopic (exact) mass is 369 g/mol. The van der Waals surface area contributed by atoms with E-state index in [4.69, 9.17) is 5.73 Å². The van der Waals surface area contributed by atoms with Crippen LogP contribution in [0.3, 0.4) is 0 Å². The van der Waals surface area contributed by atoms with Gasteiger partial charge >= 0.3 is 0 Å². The predicted molar refractivity (Wildman–Crippen MR) is 99.5 cm³/mol. The van der Waals surface area contributed by atoms with Gasteiger partial charge in [-0.1, -0.05) is 30.3 Å². The molecule has 0 aliphatic carbocycles. The normalized spacial score (nSPS) is 10.5. The van der Waals surface area contributed by atoms with Gasteiger partial charge in [0.1, 0.15) is 10.8 Å². The zero-order valence-corrected chi connectivity index (χ0v) is 14.8. The van der Waals surface area contributed by atoms with Gasteiger partial charge in [0.2, 0.25) is 11.8 Å². The van der Waals surface area contributed by atoms with Crippen molar-refractivity contribution in [1.29, 1.82) is 0 Å². The first-order chi connectivity index (χ1) is 12.4. The Morgan fingerprint density at radius 3 is 2.65 bits per heavy atom. The fraction of sp³-hybridized carbons (Fsp3) is 0.105. The second-order valence-electron chi connectivity index (χ2n) is 5.73. The number of primary amides is 1. The first-order valence-corrected chi connectivity index (χ1v) is 8.71. The van der Waals surface area contributed by atoms with Crippen LogP contribution in [0.25, 0.3) is 10.6 Å². The van der Waals surface area contributed by atoms with Crippen molar-refractivity contribution in [2.24, 2.45) is 5.73 Å². The molecular formula is C19H16FN3O2S. The van der Waals surface area contributed by atoms with Gasteiger partial charge in [-0.15, -0.1) is 11.3 Å². The average molecular weight is 369 g/mol. The van der Waals surface area contributed by atoms with Gasteiger partial charge in [0.05, 0.1) is 12.1 Å². The van der Waals surface area contributed by atoms with Crippen molar-refractivity contribution >= 4 is 28.8 Å². The molecule has 3 rings (SSSR count). The van der Waals surface area contributed by atoms with Crippen molar-refractivity contribution in [3.8, 4) is 10.6 Å². The number of anilines is 1. The fourth-order valence-electron chi connectivity index (χ4n) is 2.41. The Kier molecular flexibility index (Phi) is 5.09. The second kappa shape index (κ2) is 7.45. The molecule has 5 nitrogen and oxygen atoms in total. The summed E-state index contributed by atoms with van der Waals surface area (Å²) in [6.07, 6.45) is 0.0468. The number of nitrogens with zero attached hydrogens (tertiary/aromatic N) is 1. The number of hydrogen-bond donors (Lipinski definition) is 2. The van der Waals surface area contributed by atoms with Gasteiger partial charge in [-0.2, -0.15) is 0 Å². The van der Waals surface area contributed by atoms with E-state index < -0.39 is 11.7 Å². The van der Waals surface area contributed by atoms with E-state index in [1.54, 1.807) is 0 Å². The van der Waals surface area contributed by atoms with Crippen LogP contribution in [0.5, 0.6) is 0 Å². The van der Waals surface area contributed by atoms with Gasteiger partial charge in [0.25, 0.3) is 0 Å². The van der Waals surface area contributed by atoms with Gasteiger partial charge in [-0.05, 0) is 19.1 Å². The Morgan fingerprint density at radius 1 is 1.23 bits per heavy atom. The maximum Gasteiger partial charge on any atom is 0.248 e. The van der Waals surface area contributed by atoms with Crippen LogP contribution in [0.4, 0.5) is 10.1 Å². The fourth-order valence-corrected chi connectivity index (χ4v) is 3.24. The summed E-state index contributed by atoms with van der Waals surface area (Å²) in [6.45, 7) is 1.52. The van der Waals surface area contributed by atoms with E-state index in [1.807, 2.05) is 35.7 Å². The second-order valence-corrected chi connectivity index (χ2v) is 6.59. The number of carbonyl (C=O) groups excluding carboxylic acids is 2. The van der Waals surface area contributed by atoms with Crippen molar-refractivity contribution in [3.63, 3.8) is 0 Å². The molecule has 0 fully saturated rings. The third-order valence-electron chi connectivity index (χ3n) is 3.82. The molecule has 0 aliphatic rings. The van der Waals surface area contributed by atoms with Gasteiger partial charge < -0.3 is 11.1 Å². The molecule has 0 atom stereocenters. The van der Waals surface area contributed by atoms with Crippen molar-refractivity contribution < 1.29 is 14.0 Å². The minimum Gasteiger partial charge on any atom is -0.366 e. The molecule has 0 saturated heterocycles. The summed E-state index contributed by atoms with van der Waals surface area (Å²) in [6, 6.07) is 12.1. The molecule has 0 saturated carbocycles. The Morgan fingerprint density at radius 2 is 1.96 bits per heavy atom. The van der Waals surface area contributed by atoms with E-state index >= 15 is 0 Å². The molecule has 3 aromatic rings. The number of nitrogens with one attached hydrogen (secondary N) is 1. The maximum absolute atomic E-state index is 13.9. The van der Waals surface area contributed by atoms with Gasteiger partial charge in [-0.3, -0.25) is 9.59 Å². The van der Waals surface area contributed by atoms with Crippen LogP contribution in [0.15, 0.2) is 47.8 Å². The number of aromatic nitrogens is 1. The summed E-state index contributed by atoms with van der Waals surface area (Å²) in [4.78, 5) is 28.0. The van der Waals surface area contributed by atoms with Crippen molar-refractivity contribution in [3.05, 3.63) is 70.5 Å². The summed E-state index contributed by atoms with van der Waals surface area (Å²) in [5, 5.41) is 5.26. The zero-order chi connectivity index (χ0) is 18.7. The summed E-state index contributed by atoms with van der Waals surface area (Å²) < 4.78 is 13.9. The molecule has 7 heteroatoms. The molecule has 132 valence electrons. The molecule has 1 aromatic heterocycles. The highest BCUT2D eigenvalue weighted by molar-refractivity contribution is 7.13. The van der Waals surface area contributed by atoms with Crippen LogP contribution in [0.1, 0.15) is 21.6 Å². The minimum absolute atomic E-state index is 0.00317. The summed E-state index contributed by atoms with van der Waals surface area (Å²) in [5.41, 5.74) is 7.26. The highest BCUT2D eigenvalue weighted by Gasteiger charge is 2.14. The molecule has 1 heterocycles. The lowest BCUT2D eigenvalue weighted by Crippen LogP contribution is -2.18. The highest BCUT2D eigenvalue weighted by atomic mass is 32.1. The molecule has 0 bridgehead atoms. The highest BCUT2D eigenvalue weighted by Crippen LogP contribution is 2.24. The lowest BCUT2D eigenvalue weighted by Gasteiger charge is -2.10. The number of halogens is 1. The summed E-state index contributed by atoms with van der Waals surface area (Å²) in [5.74, 6) is -1.71. The lowest BCUT2D eigenvalue weighted by atomic mass is 10.1. The van der Waals surface area contributed by atoms with E-state index in [-0.39, 0.29) is 29.1 Å². The Bertz CT molecular complexity index is 970. The molecule has 26 heavy (non-hydrogen) atoms. The smallest absolute Gasteiger partial charge is 0.248 e. The largest absolute Gasteiger partial charge is 0.366 e. The van der Waals surface area contributed by atoms with Crippen molar-refractivity contribution in [2.45, 2.75) is 13.3 Å². The topological polar surface area (TPSA) is 85.1 Å². The molecule has 2 aromatic carbocycles. The average Bonchev–Trinajstić information content (AvgIpc) is 3.07. The third-order valence-corrected chi connectivity index (χ3v) is 4.76. The number of benzene rings is 2. The van der Waals surface area contributed by atoms with E-state index in [0.717, 1.165) is 16.6 Å². The van der Waals surface area contributed by atoms with Crippen LogP contribution >= 0.6 is 11.3 Å². The van der Waals surface area contributed by atoms with E-state index in [1.165, 1.54) is 24.3 Å². The molecule has 0 radical (unpaired) electrons. The van der Waals surface area contributed by atoms with Crippen LogP contribution in [0, 0.1) is 12.7 Å². The third kappa shape index (κ3) is 3.94. The van der Waals surface area contributed by atoms with Crippen LogP contribution < -0.4 is 11.1 Å². The van der Waals surface area contributed by atoms with Gasteiger partial charge in [0, 0.05) is 27.8 Å². The maximum atomic E-state index is 13.9.